The van der Waals surface area contributed by atoms with Crippen molar-refractivity contribution in [3.63, 3.8) is 0 Å². The summed E-state index contributed by atoms with van der Waals surface area (Å²) in [4.78, 5) is 14.7. The number of halogens is 5. The molecule has 0 amide bonds. The van der Waals surface area contributed by atoms with Crippen molar-refractivity contribution >= 4 is 5.97 Å². The van der Waals surface area contributed by atoms with Gasteiger partial charge < -0.3 is 14.2 Å². The van der Waals surface area contributed by atoms with Crippen molar-refractivity contribution < 1.29 is 41.0 Å². The summed E-state index contributed by atoms with van der Waals surface area (Å²) < 4.78 is 76.0. The summed E-state index contributed by atoms with van der Waals surface area (Å²) in [6.45, 7) is 1.40. The summed E-state index contributed by atoms with van der Waals surface area (Å²) in [5.41, 5.74) is -1.63. The molecule has 1 aromatic heterocycles. The average Bonchev–Trinajstić information content (AvgIpc) is 2.38. The van der Waals surface area contributed by atoms with Gasteiger partial charge in [-0.3, -0.25) is 4.79 Å². The number of hydrogen-bond acceptors (Lipinski definition) is 5. The predicted octanol–water partition coefficient (Wildman–Crippen LogP) is 3.03. The molecule has 0 spiro atoms. The van der Waals surface area contributed by atoms with E-state index >= 15 is 0 Å². The first-order chi connectivity index (χ1) is 10.2. The number of alkyl halides is 5. The molecule has 1 heterocycles. The first-order valence-corrected chi connectivity index (χ1v) is 5.94. The summed E-state index contributed by atoms with van der Waals surface area (Å²) in [5.74, 6) is -2.59. The Balaban J connectivity index is 3.37. The Morgan fingerprint density at radius 1 is 1.36 bits per heavy atom. The Morgan fingerprint density at radius 3 is 2.45 bits per heavy atom. The number of ether oxygens (including phenoxy) is 3. The quantitative estimate of drug-likeness (QED) is 0.593. The van der Waals surface area contributed by atoms with Gasteiger partial charge in [0.05, 0.1) is 31.9 Å². The van der Waals surface area contributed by atoms with Crippen molar-refractivity contribution in [2.24, 2.45) is 0 Å². The highest BCUT2D eigenvalue weighted by atomic mass is 19.4. The van der Waals surface area contributed by atoms with Crippen molar-refractivity contribution in [3.05, 3.63) is 17.3 Å². The van der Waals surface area contributed by atoms with Crippen LogP contribution in [0.4, 0.5) is 22.0 Å². The molecule has 0 unspecified atom stereocenters. The second-order valence-corrected chi connectivity index (χ2v) is 3.85. The van der Waals surface area contributed by atoms with Gasteiger partial charge in [0.2, 0.25) is 5.88 Å². The molecular weight excluding hydrogens is 317 g/mol. The van der Waals surface area contributed by atoms with Crippen molar-refractivity contribution in [3.8, 4) is 11.6 Å². The maximum absolute atomic E-state index is 13.1. The highest BCUT2D eigenvalue weighted by Crippen LogP contribution is 2.37. The highest BCUT2D eigenvalue weighted by molar-refractivity contribution is 5.74. The van der Waals surface area contributed by atoms with Crippen LogP contribution in [0.3, 0.4) is 0 Å². The monoisotopic (exact) mass is 329 g/mol. The topological polar surface area (TPSA) is 57.7 Å². The van der Waals surface area contributed by atoms with Crippen LogP contribution in [-0.4, -0.2) is 31.0 Å². The molecule has 0 radical (unpaired) electrons. The Labute approximate surface area is 122 Å². The number of carbonyl (C=O) groups excluding carboxylic acids is 1. The molecule has 0 bridgehead atoms. The number of esters is 1. The summed E-state index contributed by atoms with van der Waals surface area (Å²) in [5, 5.41) is 0. The van der Waals surface area contributed by atoms with Gasteiger partial charge in [-0.2, -0.15) is 0 Å². The maximum Gasteiger partial charge on any atom is 0.574 e. The molecular formula is C12H12F5NO4. The second-order valence-electron chi connectivity index (χ2n) is 3.85. The minimum atomic E-state index is -5.15. The Kier molecular flexibility index (Phi) is 5.89. The molecule has 22 heavy (non-hydrogen) atoms. The van der Waals surface area contributed by atoms with Gasteiger partial charge >= 0.3 is 12.3 Å². The van der Waals surface area contributed by atoms with E-state index in [0.29, 0.717) is 6.20 Å². The second kappa shape index (κ2) is 7.23. The van der Waals surface area contributed by atoms with Gasteiger partial charge in [-0.1, -0.05) is 0 Å². The molecule has 0 fully saturated rings. The molecule has 5 nitrogen and oxygen atoms in total. The van der Waals surface area contributed by atoms with Crippen molar-refractivity contribution in [2.75, 3.05) is 13.7 Å². The van der Waals surface area contributed by atoms with Crippen molar-refractivity contribution in [2.45, 2.75) is 26.1 Å². The SMILES string of the molecule is CCOC(=O)Cc1c(OC(F)(F)F)ncc(OC)c1C(F)F. The molecule has 0 N–H and O–H groups in total. The van der Waals surface area contributed by atoms with E-state index in [9.17, 15) is 26.7 Å². The molecule has 0 atom stereocenters. The minimum Gasteiger partial charge on any atom is -0.495 e. The number of rotatable bonds is 6. The lowest BCUT2D eigenvalue weighted by Crippen LogP contribution is -2.21. The summed E-state index contributed by atoms with van der Waals surface area (Å²) in [7, 11) is 1.04. The molecule has 10 heteroatoms. The van der Waals surface area contributed by atoms with Crippen LogP contribution in [0, 0.1) is 0 Å². The van der Waals surface area contributed by atoms with Crippen molar-refractivity contribution in [1.29, 1.82) is 0 Å². The fraction of sp³-hybridized carbons (Fsp3) is 0.500. The molecule has 124 valence electrons. The normalized spacial score (nSPS) is 11.5. The third-order valence-electron chi connectivity index (χ3n) is 2.42. The largest absolute Gasteiger partial charge is 0.574 e. The number of methoxy groups -OCH3 is 1. The lowest BCUT2D eigenvalue weighted by Gasteiger charge is -2.17. The standard InChI is InChI=1S/C12H12F5NO4/c1-3-21-8(19)4-6-9(10(13)14)7(20-2)5-18-11(6)22-12(15,16)17/h5,10H,3-4H2,1-2H3. The van der Waals surface area contributed by atoms with E-state index in [1.165, 1.54) is 6.92 Å². The van der Waals surface area contributed by atoms with Gasteiger partial charge in [0.1, 0.15) is 5.75 Å². The van der Waals surface area contributed by atoms with Crippen LogP contribution in [0.1, 0.15) is 24.5 Å². The summed E-state index contributed by atoms with van der Waals surface area (Å²) in [6.07, 6.45) is -8.54. The number of nitrogens with zero attached hydrogens (tertiary/aromatic N) is 1. The average molecular weight is 329 g/mol. The number of pyridine rings is 1. The van der Waals surface area contributed by atoms with Gasteiger partial charge in [0, 0.05) is 5.56 Å². The molecule has 0 aliphatic heterocycles. The predicted molar refractivity (Wildman–Crippen MR) is 62.8 cm³/mol. The lowest BCUT2D eigenvalue weighted by molar-refractivity contribution is -0.276. The van der Waals surface area contributed by atoms with Gasteiger partial charge in [0.25, 0.3) is 6.43 Å². The molecule has 0 aromatic carbocycles. The van der Waals surface area contributed by atoms with Gasteiger partial charge in [-0.05, 0) is 6.92 Å². The van der Waals surface area contributed by atoms with Gasteiger partial charge in [0.15, 0.2) is 0 Å². The van der Waals surface area contributed by atoms with Gasteiger partial charge in [-0.15, -0.1) is 13.2 Å². The van der Waals surface area contributed by atoms with Crippen LogP contribution in [0.5, 0.6) is 11.6 Å². The molecule has 0 saturated heterocycles. The zero-order valence-corrected chi connectivity index (χ0v) is 11.5. The van der Waals surface area contributed by atoms with E-state index in [2.05, 4.69) is 19.2 Å². The lowest BCUT2D eigenvalue weighted by atomic mass is 10.1. The molecule has 0 saturated carbocycles. The minimum absolute atomic E-state index is 0.0598. The van der Waals surface area contributed by atoms with Crippen LogP contribution in [0.2, 0.25) is 0 Å². The maximum atomic E-state index is 13.1. The van der Waals surface area contributed by atoms with Crippen LogP contribution >= 0.6 is 0 Å². The van der Waals surface area contributed by atoms with Crippen molar-refractivity contribution in [1.82, 2.24) is 4.98 Å². The molecule has 0 aliphatic carbocycles. The fourth-order valence-electron chi connectivity index (χ4n) is 1.66. The smallest absolute Gasteiger partial charge is 0.495 e. The summed E-state index contributed by atoms with van der Waals surface area (Å²) in [6, 6.07) is 0. The highest BCUT2D eigenvalue weighted by Gasteiger charge is 2.35. The number of aromatic nitrogens is 1. The fourth-order valence-corrected chi connectivity index (χ4v) is 1.66. The number of carbonyl (C=O) groups is 1. The Bertz CT molecular complexity index is 533. The molecule has 0 aliphatic rings. The van der Waals surface area contributed by atoms with E-state index in [1.54, 1.807) is 0 Å². The van der Waals surface area contributed by atoms with Crippen LogP contribution < -0.4 is 9.47 Å². The van der Waals surface area contributed by atoms with E-state index < -0.39 is 47.9 Å². The zero-order valence-electron chi connectivity index (χ0n) is 11.5. The van der Waals surface area contributed by atoms with E-state index in [4.69, 9.17) is 0 Å². The van der Waals surface area contributed by atoms with Crippen LogP contribution in [0.15, 0.2) is 6.20 Å². The Morgan fingerprint density at radius 2 is 2.00 bits per heavy atom. The Hall–Kier alpha value is -2.13. The number of hydrogen-bond donors (Lipinski definition) is 0. The van der Waals surface area contributed by atoms with E-state index in [-0.39, 0.29) is 6.61 Å². The first-order valence-electron chi connectivity index (χ1n) is 5.94. The molecule has 1 rings (SSSR count). The van der Waals surface area contributed by atoms with Crippen LogP contribution in [-0.2, 0) is 16.0 Å². The zero-order chi connectivity index (χ0) is 16.9. The third-order valence-corrected chi connectivity index (χ3v) is 2.42. The first kappa shape index (κ1) is 17.9. The summed E-state index contributed by atoms with van der Waals surface area (Å²) >= 11 is 0. The third kappa shape index (κ3) is 4.71. The van der Waals surface area contributed by atoms with E-state index in [0.717, 1.165) is 7.11 Å². The van der Waals surface area contributed by atoms with Crippen LogP contribution in [0.25, 0.3) is 0 Å². The van der Waals surface area contributed by atoms with E-state index in [1.807, 2.05) is 0 Å². The van der Waals surface area contributed by atoms with Gasteiger partial charge in [-0.25, -0.2) is 13.8 Å². The molecule has 1 aromatic rings.